The molecule has 1 N–H and O–H groups in total. The Bertz CT molecular complexity index is 516. The van der Waals surface area contributed by atoms with Crippen molar-refractivity contribution >= 4 is 16.7 Å². The second kappa shape index (κ2) is 3.46. The molecule has 0 atom stereocenters. The molecule has 1 aromatic heterocycles. The van der Waals surface area contributed by atoms with Crippen LogP contribution in [0.25, 0.3) is 10.9 Å². The Morgan fingerprint density at radius 2 is 2.20 bits per heavy atom. The highest BCUT2D eigenvalue weighted by atomic mass is 19.1. The summed E-state index contributed by atoms with van der Waals surface area (Å²) in [6.45, 7) is 3.60. The number of carbonyl (C=O) groups is 1. The minimum atomic E-state index is -0.411. The molecular formula is C11H11FN2O. The number of nitrogens with one attached hydrogen (secondary N) is 1. The second-order valence-electron chi connectivity index (χ2n) is 3.75. The first-order valence-corrected chi connectivity index (χ1v) is 4.78. The monoisotopic (exact) mass is 206 g/mol. The third kappa shape index (κ3) is 1.52. The summed E-state index contributed by atoms with van der Waals surface area (Å²) in [5, 5.41) is 6.95. The van der Waals surface area contributed by atoms with Crippen LogP contribution < -0.4 is 0 Å². The average Bonchev–Trinajstić information content (AvgIpc) is 2.61. The van der Waals surface area contributed by atoms with Crippen molar-refractivity contribution < 1.29 is 9.18 Å². The zero-order valence-corrected chi connectivity index (χ0v) is 8.54. The van der Waals surface area contributed by atoms with Crippen molar-refractivity contribution in [1.82, 2.24) is 10.2 Å². The SMILES string of the molecule is CC(C)C(=O)c1[nH]nc2c(F)cccc12. The predicted molar refractivity (Wildman–Crippen MR) is 55.2 cm³/mol. The first-order chi connectivity index (χ1) is 7.11. The van der Waals surface area contributed by atoms with E-state index in [1.807, 2.05) is 0 Å². The number of halogens is 1. The number of hydrogen-bond acceptors (Lipinski definition) is 2. The molecule has 0 fully saturated rings. The maximum absolute atomic E-state index is 13.3. The number of rotatable bonds is 2. The van der Waals surface area contributed by atoms with Crippen LogP contribution in [0.2, 0.25) is 0 Å². The number of ketones is 1. The van der Waals surface area contributed by atoms with E-state index in [4.69, 9.17) is 0 Å². The summed E-state index contributed by atoms with van der Waals surface area (Å²) in [5.41, 5.74) is 0.612. The van der Waals surface area contributed by atoms with Crippen molar-refractivity contribution in [3.8, 4) is 0 Å². The predicted octanol–water partition coefficient (Wildman–Crippen LogP) is 2.54. The Hall–Kier alpha value is -1.71. The van der Waals surface area contributed by atoms with E-state index in [-0.39, 0.29) is 17.2 Å². The quantitative estimate of drug-likeness (QED) is 0.767. The van der Waals surface area contributed by atoms with Gasteiger partial charge in [-0.05, 0) is 6.07 Å². The van der Waals surface area contributed by atoms with E-state index in [9.17, 15) is 9.18 Å². The molecule has 15 heavy (non-hydrogen) atoms. The number of fused-ring (bicyclic) bond motifs is 1. The van der Waals surface area contributed by atoms with E-state index in [0.29, 0.717) is 11.1 Å². The molecule has 0 amide bonds. The molecule has 0 radical (unpaired) electrons. The third-order valence-corrected chi connectivity index (χ3v) is 2.31. The van der Waals surface area contributed by atoms with Crippen molar-refractivity contribution in [3.05, 3.63) is 29.7 Å². The lowest BCUT2D eigenvalue weighted by Gasteiger charge is -2.00. The van der Waals surface area contributed by atoms with E-state index in [1.165, 1.54) is 6.07 Å². The second-order valence-corrected chi connectivity index (χ2v) is 3.75. The Morgan fingerprint density at radius 3 is 2.87 bits per heavy atom. The van der Waals surface area contributed by atoms with E-state index in [0.717, 1.165) is 0 Å². The standard InChI is InChI=1S/C11H11FN2O/c1-6(2)11(15)10-7-4-3-5-8(12)9(7)13-14-10/h3-6H,1-2H3,(H,13,14). The number of carbonyl (C=O) groups excluding carboxylic acids is 1. The summed E-state index contributed by atoms with van der Waals surface area (Å²) in [6.07, 6.45) is 0. The molecule has 0 saturated carbocycles. The topological polar surface area (TPSA) is 45.8 Å². The van der Waals surface area contributed by atoms with Crippen molar-refractivity contribution in [1.29, 1.82) is 0 Å². The Morgan fingerprint density at radius 1 is 1.47 bits per heavy atom. The van der Waals surface area contributed by atoms with Crippen LogP contribution in [0.5, 0.6) is 0 Å². The highest BCUT2D eigenvalue weighted by Gasteiger charge is 2.17. The molecule has 2 aromatic rings. The van der Waals surface area contributed by atoms with E-state index in [1.54, 1.807) is 26.0 Å². The molecule has 78 valence electrons. The van der Waals surface area contributed by atoms with Crippen LogP contribution in [0, 0.1) is 11.7 Å². The molecule has 4 heteroatoms. The molecule has 0 aliphatic heterocycles. The third-order valence-electron chi connectivity index (χ3n) is 2.31. The number of para-hydroxylation sites is 1. The van der Waals surface area contributed by atoms with Crippen LogP contribution in [0.15, 0.2) is 18.2 Å². The van der Waals surface area contributed by atoms with Gasteiger partial charge in [0.25, 0.3) is 0 Å². The van der Waals surface area contributed by atoms with Gasteiger partial charge < -0.3 is 0 Å². The highest BCUT2D eigenvalue weighted by Crippen LogP contribution is 2.20. The van der Waals surface area contributed by atoms with Gasteiger partial charge in [0.2, 0.25) is 0 Å². The summed E-state index contributed by atoms with van der Waals surface area (Å²) in [6, 6.07) is 4.59. The van der Waals surface area contributed by atoms with Crippen molar-refractivity contribution in [2.24, 2.45) is 5.92 Å². The van der Waals surface area contributed by atoms with Gasteiger partial charge in [0.1, 0.15) is 11.2 Å². The van der Waals surface area contributed by atoms with Crippen LogP contribution >= 0.6 is 0 Å². The van der Waals surface area contributed by atoms with Crippen LogP contribution in [-0.4, -0.2) is 16.0 Å². The van der Waals surface area contributed by atoms with Gasteiger partial charge in [0, 0.05) is 11.3 Å². The summed E-state index contributed by atoms with van der Waals surface area (Å²) in [7, 11) is 0. The van der Waals surface area contributed by atoms with Crippen molar-refractivity contribution in [2.75, 3.05) is 0 Å². The Balaban J connectivity index is 2.64. The lowest BCUT2D eigenvalue weighted by molar-refractivity contribution is 0.0936. The van der Waals surface area contributed by atoms with Crippen LogP contribution in [-0.2, 0) is 0 Å². The maximum atomic E-state index is 13.3. The smallest absolute Gasteiger partial charge is 0.183 e. The van der Waals surface area contributed by atoms with Gasteiger partial charge in [-0.25, -0.2) is 4.39 Å². The average molecular weight is 206 g/mol. The number of benzene rings is 1. The molecule has 0 spiro atoms. The number of nitrogens with zero attached hydrogens (tertiary/aromatic N) is 1. The number of hydrogen-bond donors (Lipinski definition) is 1. The molecule has 1 aromatic carbocycles. The first-order valence-electron chi connectivity index (χ1n) is 4.78. The molecule has 0 saturated heterocycles. The zero-order chi connectivity index (χ0) is 11.0. The number of aromatic nitrogens is 2. The highest BCUT2D eigenvalue weighted by molar-refractivity contribution is 6.06. The molecule has 3 nitrogen and oxygen atoms in total. The summed E-state index contributed by atoms with van der Waals surface area (Å²) >= 11 is 0. The Labute approximate surface area is 86.3 Å². The zero-order valence-electron chi connectivity index (χ0n) is 8.54. The molecular weight excluding hydrogens is 195 g/mol. The number of Topliss-reactive ketones (excluding diaryl/α,β-unsaturated/α-hetero) is 1. The fraction of sp³-hybridized carbons (Fsp3) is 0.273. The van der Waals surface area contributed by atoms with Crippen molar-refractivity contribution in [3.63, 3.8) is 0 Å². The van der Waals surface area contributed by atoms with Gasteiger partial charge in [0.05, 0.1) is 0 Å². The number of aromatic amines is 1. The van der Waals surface area contributed by atoms with Crippen molar-refractivity contribution in [2.45, 2.75) is 13.8 Å². The van der Waals surface area contributed by atoms with Gasteiger partial charge in [-0.3, -0.25) is 9.89 Å². The minimum absolute atomic E-state index is 0.0527. The van der Waals surface area contributed by atoms with E-state index >= 15 is 0 Å². The minimum Gasteiger partial charge on any atom is -0.292 e. The lowest BCUT2D eigenvalue weighted by Crippen LogP contribution is -2.08. The fourth-order valence-corrected chi connectivity index (χ4v) is 1.48. The molecule has 0 bridgehead atoms. The molecule has 0 aliphatic carbocycles. The van der Waals surface area contributed by atoms with Gasteiger partial charge in [-0.15, -0.1) is 0 Å². The summed E-state index contributed by atoms with van der Waals surface area (Å²) < 4.78 is 13.3. The normalized spacial score (nSPS) is 11.2. The van der Waals surface area contributed by atoms with E-state index in [2.05, 4.69) is 10.2 Å². The Kier molecular flexibility index (Phi) is 2.26. The van der Waals surface area contributed by atoms with Crippen LogP contribution in [0.3, 0.4) is 0 Å². The van der Waals surface area contributed by atoms with Crippen LogP contribution in [0.1, 0.15) is 24.3 Å². The molecule has 0 aliphatic rings. The maximum Gasteiger partial charge on any atom is 0.183 e. The van der Waals surface area contributed by atoms with E-state index < -0.39 is 5.82 Å². The molecule has 0 unspecified atom stereocenters. The molecule has 2 rings (SSSR count). The summed E-state index contributed by atoms with van der Waals surface area (Å²) in [4.78, 5) is 11.7. The first kappa shape index (κ1) is 9.83. The largest absolute Gasteiger partial charge is 0.292 e. The lowest BCUT2D eigenvalue weighted by atomic mass is 10.0. The fourth-order valence-electron chi connectivity index (χ4n) is 1.48. The van der Waals surface area contributed by atoms with Gasteiger partial charge in [0.15, 0.2) is 11.6 Å². The van der Waals surface area contributed by atoms with Crippen LogP contribution in [0.4, 0.5) is 4.39 Å². The van der Waals surface area contributed by atoms with Gasteiger partial charge >= 0.3 is 0 Å². The number of H-pyrrole nitrogens is 1. The summed E-state index contributed by atoms with van der Waals surface area (Å²) in [5.74, 6) is -0.591. The van der Waals surface area contributed by atoms with Gasteiger partial charge in [-0.2, -0.15) is 5.10 Å². The van der Waals surface area contributed by atoms with Gasteiger partial charge in [-0.1, -0.05) is 26.0 Å². The molecule has 1 heterocycles.